The third-order valence-corrected chi connectivity index (χ3v) is 4.57. The largest absolute Gasteiger partial charge is 0.386 e. The zero-order chi connectivity index (χ0) is 10.9. The third kappa shape index (κ3) is 1.68. The normalized spacial score (nSPS) is 20.3. The molecule has 1 heterocycles. The lowest BCUT2D eigenvalue weighted by Crippen LogP contribution is -2.34. The van der Waals surface area contributed by atoms with E-state index in [0.717, 1.165) is 30.6 Å². The van der Waals surface area contributed by atoms with Crippen LogP contribution in [0.15, 0.2) is 12.1 Å². The minimum atomic E-state index is -0.582. The Balaban J connectivity index is 2.20. The third-order valence-electron chi connectivity index (χ3n) is 3.29. The Morgan fingerprint density at radius 3 is 2.73 bits per heavy atom. The van der Waals surface area contributed by atoms with Crippen LogP contribution in [0.2, 0.25) is 0 Å². The first-order valence-electron chi connectivity index (χ1n) is 5.40. The van der Waals surface area contributed by atoms with Gasteiger partial charge in [0.25, 0.3) is 0 Å². The molecule has 1 unspecified atom stereocenters. The average Bonchev–Trinajstić information content (AvgIpc) is 2.64. The predicted octanol–water partition coefficient (Wildman–Crippen LogP) is 3.04. The predicted molar refractivity (Wildman–Crippen MR) is 60.6 cm³/mol. The second-order valence-corrected chi connectivity index (χ2v) is 5.38. The van der Waals surface area contributed by atoms with Gasteiger partial charge in [-0.15, -0.1) is 11.3 Å². The standard InChI is InChI=1S/C12H15NOS/c1-2-9-4-5-10(15-9)11(14)12(8-13)6-3-7-12/h4-5,11,14H,2-3,6-7H2,1H3. The van der Waals surface area contributed by atoms with Crippen LogP contribution in [0.4, 0.5) is 0 Å². The molecule has 15 heavy (non-hydrogen) atoms. The molecule has 1 aromatic heterocycles. The number of hydrogen-bond acceptors (Lipinski definition) is 3. The highest BCUT2D eigenvalue weighted by molar-refractivity contribution is 7.12. The van der Waals surface area contributed by atoms with Crippen LogP contribution in [0.1, 0.15) is 42.0 Å². The van der Waals surface area contributed by atoms with E-state index >= 15 is 0 Å². The molecule has 0 bridgehead atoms. The lowest BCUT2D eigenvalue weighted by molar-refractivity contribution is 0.0104. The molecule has 0 saturated heterocycles. The Morgan fingerprint density at radius 2 is 2.33 bits per heavy atom. The van der Waals surface area contributed by atoms with Gasteiger partial charge in [-0.25, -0.2) is 0 Å². The van der Waals surface area contributed by atoms with E-state index in [1.165, 1.54) is 4.88 Å². The average molecular weight is 221 g/mol. The molecule has 0 amide bonds. The molecule has 2 rings (SSSR count). The molecule has 1 fully saturated rings. The van der Waals surface area contributed by atoms with E-state index in [1.54, 1.807) is 11.3 Å². The van der Waals surface area contributed by atoms with Crippen molar-refractivity contribution in [2.24, 2.45) is 5.41 Å². The van der Waals surface area contributed by atoms with Gasteiger partial charge in [-0.3, -0.25) is 0 Å². The van der Waals surface area contributed by atoms with Crippen molar-refractivity contribution in [1.82, 2.24) is 0 Å². The first kappa shape index (κ1) is 10.7. The molecular weight excluding hydrogens is 206 g/mol. The molecule has 0 aromatic carbocycles. The van der Waals surface area contributed by atoms with E-state index in [2.05, 4.69) is 13.0 Å². The molecule has 1 N–H and O–H groups in total. The second-order valence-electron chi connectivity index (χ2n) is 4.18. The van der Waals surface area contributed by atoms with Gasteiger partial charge in [0.05, 0.1) is 11.5 Å². The molecular formula is C12H15NOS. The zero-order valence-electron chi connectivity index (χ0n) is 8.86. The molecule has 1 aliphatic rings. The van der Waals surface area contributed by atoms with Gasteiger partial charge in [0, 0.05) is 9.75 Å². The van der Waals surface area contributed by atoms with Gasteiger partial charge in [0.1, 0.15) is 6.10 Å². The van der Waals surface area contributed by atoms with Crippen molar-refractivity contribution >= 4 is 11.3 Å². The monoisotopic (exact) mass is 221 g/mol. The summed E-state index contributed by atoms with van der Waals surface area (Å²) in [4.78, 5) is 2.23. The minimum Gasteiger partial charge on any atom is -0.386 e. The summed E-state index contributed by atoms with van der Waals surface area (Å²) in [5.74, 6) is 0. The van der Waals surface area contributed by atoms with Crippen molar-refractivity contribution in [2.45, 2.75) is 38.7 Å². The smallest absolute Gasteiger partial charge is 0.107 e. The van der Waals surface area contributed by atoms with Crippen LogP contribution in [0.3, 0.4) is 0 Å². The molecule has 2 nitrogen and oxygen atoms in total. The Hall–Kier alpha value is -0.850. The summed E-state index contributed by atoms with van der Waals surface area (Å²) in [5.41, 5.74) is -0.490. The molecule has 80 valence electrons. The summed E-state index contributed by atoms with van der Waals surface area (Å²) in [5, 5.41) is 19.3. The molecule has 0 spiro atoms. The van der Waals surface area contributed by atoms with Gasteiger partial charge >= 0.3 is 0 Å². The topological polar surface area (TPSA) is 44.0 Å². The molecule has 1 atom stereocenters. The van der Waals surface area contributed by atoms with Crippen LogP contribution in [-0.2, 0) is 6.42 Å². The summed E-state index contributed by atoms with van der Waals surface area (Å²) in [6.07, 6.45) is 3.16. The summed E-state index contributed by atoms with van der Waals surface area (Å²) in [6, 6.07) is 6.31. The fraction of sp³-hybridized carbons (Fsp3) is 0.583. The van der Waals surface area contributed by atoms with Crippen molar-refractivity contribution in [2.75, 3.05) is 0 Å². The van der Waals surface area contributed by atoms with Crippen molar-refractivity contribution < 1.29 is 5.11 Å². The molecule has 0 radical (unpaired) electrons. The Morgan fingerprint density at radius 1 is 1.60 bits per heavy atom. The first-order valence-corrected chi connectivity index (χ1v) is 6.21. The SMILES string of the molecule is CCc1ccc(C(O)C2(C#N)CCC2)s1. The fourth-order valence-corrected chi connectivity index (χ4v) is 3.06. The van der Waals surface area contributed by atoms with Gasteiger partial charge in [-0.2, -0.15) is 5.26 Å². The number of nitrogens with zero attached hydrogens (tertiary/aromatic N) is 1. The van der Waals surface area contributed by atoms with E-state index in [4.69, 9.17) is 5.26 Å². The van der Waals surface area contributed by atoms with Crippen LogP contribution < -0.4 is 0 Å². The maximum absolute atomic E-state index is 10.2. The maximum atomic E-state index is 10.2. The first-order chi connectivity index (χ1) is 7.22. The van der Waals surface area contributed by atoms with Crippen LogP contribution in [0.5, 0.6) is 0 Å². The Bertz CT molecular complexity index is 387. The van der Waals surface area contributed by atoms with Gasteiger partial charge in [0.2, 0.25) is 0 Å². The zero-order valence-corrected chi connectivity index (χ0v) is 9.68. The lowest BCUT2D eigenvalue weighted by Gasteiger charge is -2.38. The number of aliphatic hydroxyl groups is 1. The summed E-state index contributed by atoms with van der Waals surface area (Å²) in [6.45, 7) is 2.10. The van der Waals surface area contributed by atoms with Crippen LogP contribution in [-0.4, -0.2) is 5.11 Å². The number of hydrogen-bond donors (Lipinski definition) is 1. The molecule has 1 aromatic rings. The highest BCUT2D eigenvalue weighted by atomic mass is 32.1. The van der Waals surface area contributed by atoms with Crippen molar-refractivity contribution in [3.63, 3.8) is 0 Å². The van der Waals surface area contributed by atoms with Gasteiger partial charge in [-0.1, -0.05) is 13.3 Å². The van der Waals surface area contributed by atoms with E-state index in [0.29, 0.717) is 0 Å². The van der Waals surface area contributed by atoms with Crippen molar-refractivity contribution in [3.05, 3.63) is 21.9 Å². The molecule has 0 aliphatic heterocycles. The quantitative estimate of drug-likeness (QED) is 0.852. The van der Waals surface area contributed by atoms with Crippen LogP contribution in [0.25, 0.3) is 0 Å². The number of aryl methyl sites for hydroxylation is 1. The lowest BCUT2D eigenvalue weighted by atomic mass is 9.66. The van der Waals surface area contributed by atoms with E-state index in [9.17, 15) is 5.11 Å². The number of rotatable bonds is 3. The fourth-order valence-electron chi connectivity index (χ4n) is 2.01. The molecule has 1 aliphatic carbocycles. The van der Waals surface area contributed by atoms with Gasteiger partial charge in [0.15, 0.2) is 0 Å². The van der Waals surface area contributed by atoms with E-state index < -0.39 is 11.5 Å². The van der Waals surface area contributed by atoms with Crippen molar-refractivity contribution in [1.29, 1.82) is 5.26 Å². The van der Waals surface area contributed by atoms with Crippen LogP contribution in [0, 0.1) is 16.7 Å². The number of nitriles is 1. The highest BCUT2D eigenvalue weighted by Gasteiger charge is 2.45. The number of aliphatic hydroxyl groups excluding tert-OH is 1. The number of thiophene rings is 1. The minimum absolute atomic E-state index is 0.490. The Labute approximate surface area is 94.2 Å². The summed E-state index contributed by atoms with van der Waals surface area (Å²) < 4.78 is 0. The summed E-state index contributed by atoms with van der Waals surface area (Å²) in [7, 11) is 0. The highest BCUT2D eigenvalue weighted by Crippen LogP contribution is 2.50. The van der Waals surface area contributed by atoms with Gasteiger partial charge in [-0.05, 0) is 31.4 Å². The summed E-state index contributed by atoms with van der Waals surface area (Å²) >= 11 is 1.63. The van der Waals surface area contributed by atoms with E-state index in [-0.39, 0.29) is 0 Å². The van der Waals surface area contributed by atoms with Crippen LogP contribution >= 0.6 is 11.3 Å². The van der Waals surface area contributed by atoms with Crippen molar-refractivity contribution in [3.8, 4) is 6.07 Å². The van der Waals surface area contributed by atoms with Gasteiger partial charge < -0.3 is 5.11 Å². The van der Waals surface area contributed by atoms with E-state index in [1.807, 2.05) is 12.1 Å². The molecule has 1 saturated carbocycles. The second kappa shape index (κ2) is 3.96. The Kier molecular flexibility index (Phi) is 2.81. The molecule has 3 heteroatoms. The maximum Gasteiger partial charge on any atom is 0.107 e.